The van der Waals surface area contributed by atoms with Gasteiger partial charge in [0.05, 0.1) is 6.10 Å². The first-order chi connectivity index (χ1) is 9.85. The highest BCUT2D eigenvalue weighted by Crippen LogP contribution is 2.39. The van der Waals surface area contributed by atoms with Crippen LogP contribution in [-0.4, -0.2) is 35.7 Å². The van der Waals surface area contributed by atoms with E-state index in [4.69, 9.17) is 0 Å². The highest BCUT2D eigenvalue weighted by molar-refractivity contribution is 9.10. The highest BCUT2D eigenvalue weighted by atomic mass is 79.9. The summed E-state index contributed by atoms with van der Waals surface area (Å²) in [5.74, 6) is 0.483. The Morgan fingerprint density at radius 2 is 2.00 bits per heavy atom. The molecule has 0 radical (unpaired) electrons. The van der Waals surface area contributed by atoms with Crippen molar-refractivity contribution in [2.45, 2.75) is 50.7 Å². The van der Waals surface area contributed by atoms with E-state index in [0.29, 0.717) is 6.42 Å². The number of nitrogens with zero attached hydrogens (tertiary/aromatic N) is 1. The first-order valence-electron chi connectivity index (χ1n) is 7.64. The van der Waals surface area contributed by atoms with Crippen LogP contribution in [0.5, 0.6) is 0 Å². The summed E-state index contributed by atoms with van der Waals surface area (Å²) in [6, 6.07) is 4.68. The van der Waals surface area contributed by atoms with Crippen LogP contribution in [0.25, 0.3) is 0 Å². The minimum absolute atomic E-state index is 0.166. The van der Waals surface area contributed by atoms with Crippen LogP contribution in [0, 0.1) is 11.7 Å². The van der Waals surface area contributed by atoms with Gasteiger partial charge in [-0.15, -0.1) is 0 Å². The zero-order valence-corrected chi connectivity index (χ0v) is 14.7. The fourth-order valence-electron chi connectivity index (χ4n) is 3.43. The van der Waals surface area contributed by atoms with Crippen LogP contribution >= 0.6 is 15.9 Å². The van der Waals surface area contributed by atoms with Crippen molar-refractivity contribution < 1.29 is 9.50 Å². The lowest BCUT2D eigenvalue weighted by Crippen LogP contribution is -2.56. The molecule has 1 aliphatic rings. The summed E-state index contributed by atoms with van der Waals surface area (Å²) in [4.78, 5) is 2.18. The molecule has 1 aromatic rings. The van der Waals surface area contributed by atoms with Crippen molar-refractivity contribution in [3.05, 3.63) is 34.1 Å². The third-order valence-corrected chi connectivity index (χ3v) is 5.82. The molecule has 0 aromatic heterocycles. The van der Waals surface area contributed by atoms with Crippen molar-refractivity contribution in [1.82, 2.24) is 4.90 Å². The van der Waals surface area contributed by atoms with E-state index < -0.39 is 6.10 Å². The summed E-state index contributed by atoms with van der Waals surface area (Å²) in [6.45, 7) is 2.28. The van der Waals surface area contributed by atoms with Crippen molar-refractivity contribution in [2.75, 3.05) is 14.1 Å². The maximum Gasteiger partial charge on any atom is 0.124 e. The quantitative estimate of drug-likeness (QED) is 0.879. The second kappa shape index (κ2) is 6.76. The topological polar surface area (TPSA) is 23.5 Å². The predicted molar refractivity (Wildman–Crippen MR) is 87.9 cm³/mol. The average Bonchev–Trinajstić information content (AvgIpc) is 2.42. The molecular formula is C17H25BrFNO. The molecule has 1 saturated carbocycles. The standard InChI is InChI=1S/C17H25BrFNO/c1-12-6-8-17(9-7-12,20(2)3)16(21)10-13-4-5-14(19)11-15(13)18/h4-5,11-12,16,21H,6-10H2,1-3H3. The number of rotatable bonds is 4. The monoisotopic (exact) mass is 357 g/mol. The third-order valence-electron chi connectivity index (χ3n) is 5.08. The molecule has 0 spiro atoms. The molecule has 0 amide bonds. The fraction of sp³-hybridized carbons (Fsp3) is 0.647. The van der Waals surface area contributed by atoms with Crippen molar-refractivity contribution in [1.29, 1.82) is 0 Å². The van der Waals surface area contributed by atoms with Crippen molar-refractivity contribution in [2.24, 2.45) is 5.92 Å². The van der Waals surface area contributed by atoms with Crippen LogP contribution in [0.15, 0.2) is 22.7 Å². The zero-order valence-electron chi connectivity index (χ0n) is 13.1. The largest absolute Gasteiger partial charge is 0.391 e. The number of likely N-dealkylation sites (N-methyl/N-ethyl adjacent to an activating group) is 1. The molecule has 1 atom stereocenters. The van der Waals surface area contributed by atoms with Gasteiger partial charge < -0.3 is 10.0 Å². The van der Waals surface area contributed by atoms with Gasteiger partial charge in [0.15, 0.2) is 0 Å². The molecule has 21 heavy (non-hydrogen) atoms. The molecule has 1 aliphatic carbocycles. The summed E-state index contributed by atoms with van der Waals surface area (Å²) < 4.78 is 13.9. The molecule has 2 rings (SSSR count). The Morgan fingerprint density at radius 3 is 2.52 bits per heavy atom. The third kappa shape index (κ3) is 3.66. The fourth-order valence-corrected chi connectivity index (χ4v) is 3.94. The number of benzene rings is 1. The predicted octanol–water partition coefficient (Wildman–Crippen LogP) is 4.00. The Morgan fingerprint density at radius 1 is 1.38 bits per heavy atom. The normalized spacial score (nSPS) is 27.9. The molecule has 0 saturated heterocycles. The molecule has 0 bridgehead atoms. The van der Waals surface area contributed by atoms with Gasteiger partial charge in [0.1, 0.15) is 5.82 Å². The van der Waals surface area contributed by atoms with Gasteiger partial charge >= 0.3 is 0 Å². The summed E-state index contributed by atoms with van der Waals surface area (Å²) >= 11 is 3.40. The summed E-state index contributed by atoms with van der Waals surface area (Å²) in [5.41, 5.74) is 0.795. The smallest absolute Gasteiger partial charge is 0.124 e. The van der Waals surface area contributed by atoms with Crippen LogP contribution in [-0.2, 0) is 6.42 Å². The lowest BCUT2D eigenvalue weighted by atomic mass is 9.72. The molecule has 0 heterocycles. The SMILES string of the molecule is CC1CCC(C(O)Cc2ccc(F)cc2Br)(N(C)C)CC1. The van der Waals surface area contributed by atoms with E-state index >= 15 is 0 Å². The molecule has 4 heteroatoms. The van der Waals surface area contributed by atoms with Crippen LogP contribution in [0.3, 0.4) is 0 Å². The van der Waals surface area contributed by atoms with Gasteiger partial charge in [0, 0.05) is 16.4 Å². The van der Waals surface area contributed by atoms with E-state index in [-0.39, 0.29) is 11.4 Å². The van der Waals surface area contributed by atoms with E-state index in [1.807, 2.05) is 0 Å². The number of aliphatic hydroxyl groups is 1. The lowest BCUT2D eigenvalue weighted by Gasteiger charge is -2.48. The summed E-state index contributed by atoms with van der Waals surface area (Å²) in [7, 11) is 4.11. The van der Waals surface area contributed by atoms with Gasteiger partial charge in [0.25, 0.3) is 0 Å². The van der Waals surface area contributed by atoms with E-state index in [0.717, 1.165) is 41.6 Å². The molecule has 2 nitrogen and oxygen atoms in total. The van der Waals surface area contributed by atoms with E-state index in [2.05, 4.69) is 41.8 Å². The molecule has 1 aromatic carbocycles. The first-order valence-corrected chi connectivity index (χ1v) is 8.44. The number of hydrogen-bond acceptors (Lipinski definition) is 2. The van der Waals surface area contributed by atoms with E-state index in [1.54, 1.807) is 6.07 Å². The number of aliphatic hydroxyl groups excluding tert-OH is 1. The minimum atomic E-state index is -0.443. The highest BCUT2D eigenvalue weighted by Gasteiger charge is 2.42. The van der Waals surface area contributed by atoms with Gasteiger partial charge in [-0.2, -0.15) is 0 Å². The Hall–Kier alpha value is -0.450. The maximum absolute atomic E-state index is 13.2. The van der Waals surface area contributed by atoms with Gasteiger partial charge in [-0.25, -0.2) is 4.39 Å². The van der Waals surface area contributed by atoms with Gasteiger partial charge in [-0.1, -0.05) is 28.9 Å². The van der Waals surface area contributed by atoms with E-state index in [1.165, 1.54) is 12.1 Å². The second-order valence-electron chi connectivity index (χ2n) is 6.64. The number of halogens is 2. The maximum atomic E-state index is 13.2. The summed E-state index contributed by atoms with van der Waals surface area (Å²) in [6.07, 6.45) is 4.44. The second-order valence-corrected chi connectivity index (χ2v) is 7.49. The molecule has 0 aliphatic heterocycles. The molecule has 1 fully saturated rings. The molecule has 1 N–H and O–H groups in total. The van der Waals surface area contributed by atoms with Gasteiger partial charge in [-0.05, 0) is 63.4 Å². The Labute approximate surface area is 135 Å². The Kier molecular flexibility index (Phi) is 5.44. The molecular weight excluding hydrogens is 333 g/mol. The number of hydrogen-bond donors (Lipinski definition) is 1. The minimum Gasteiger partial charge on any atom is -0.391 e. The molecule has 1 unspecified atom stereocenters. The van der Waals surface area contributed by atoms with Crippen LogP contribution in [0.4, 0.5) is 4.39 Å². The zero-order chi connectivity index (χ0) is 15.6. The first kappa shape index (κ1) is 16.9. The van der Waals surface area contributed by atoms with Crippen LogP contribution in [0.2, 0.25) is 0 Å². The van der Waals surface area contributed by atoms with Crippen LogP contribution in [0.1, 0.15) is 38.2 Å². The van der Waals surface area contributed by atoms with Crippen molar-refractivity contribution in [3.63, 3.8) is 0 Å². The van der Waals surface area contributed by atoms with Crippen molar-refractivity contribution in [3.8, 4) is 0 Å². The van der Waals surface area contributed by atoms with Crippen LogP contribution < -0.4 is 0 Å². The van der Waals surface area contributed by atoms with Crippen molar-refractivity contribution >= 4 is 15.9 Å². The Balaban J connectivity index is 2.17. The summed E-state index contributed by atoms with van der Waals surface area (Å²) in [5, 5.41) is 10.9. The van der Waals surface area contributed by atoms with Gasteiger partial charge in [0.2, 0.25) is 0 Å². The molecule has 118 valence electrons. The van der Waals surface area contributed by atoms with Gasteiger partial charge in [-0.3, -0.25) is 0 Å². The average molecular weight is 358 g/mol. The van der Waals surface area contributed by atoms with E-state index in [9.17, 15) is 9.50 Å². The Bertz CT molecular complexity index is 484. The lowest BCUT2D eigenvalue weighted by molar-refractivity contribution is -0.0383.